The summed E-state index contributed by atoms with van der Waals surface area (Å²) in [5.41, 5.74) is 0.779. The molecule has 6 heteroatoms. The first-order chi connectivity index (χ1) is 12.4. The highest BCUT2D eigenvalue weighted by Crippen LogP contribution is 2.38. The fourth-order valence-electron chi connectivity index (χ4n) is 3.74. The third kappa shape index (κ3) is 9.62. The van der Waals surface area contributed by atoms with Crippen molar-refractivity contribution in [3.05, 3.63) is 23.8 Å². The molecule has 0 atom stereocenters. The van der Waals surface area contributed by atoms with Gasteiger partial charge in [-0.05, 0) is 41.4 Å². The fourth-order valence-corrected chi connectivity index (χ4v) is 4.40. The summed E-state index contributed by atoms with van der Waals surface area (Å²) >= 11 is 0. The summed E-state index contributed by atoms with van der Waals surface area (Å²) in [6.45, 7) is 13.3. The Morgan fingerprint density at radius 1 is 0.964 bits per heavy atom. The van der Waals surface area contributed by atoms with Crippen LogP contribution in [-0.4, -0.2) is 19.6 Å². The van der Waals surface area contributed by atoms with Crippen LogP contribution in [0.15, 0.2) is 23.1 Å². The van der Waals surface area contributed by atoms with E-state index in [9.17, 15) is 13.0 Å². The molecule has 0 unspecified atom stereocenters. The largest absolute Gasteiger partial charge is 0.492 e. The van der Waals surface area contributed by atoms with Crippen LogP contribution in [0.5, 0.6) is 5.75 Å². The Labute approximate surface area is 178 Å². The second-order valence-electron chi connectivity index (χ2n) is 9.37. The highest BCUT2D eigenvalue weighted by atomic mass is 35.5. The van der Waals surface area contributed by atoms with Gasteiger partial charge in [-0.2, -0.15) is 8.42 Å². The lowest BCUT2D eigenvalue weighted by Gasteiger charge is -2.33. The average Bonchev–Trinajstić information content (AvgIpc) is 2.50. The Bertz CT molecular complexity index is 691. The molecule has 0 radical (unpaired) electrons. The number of halogens is 1. The van der Waals surface area contributed by atoms with E-state index in [1.165, 1.54) is 25.7 Å². The van der Waals surface area contributed by atoms with Crippen LogP contribution in [0.25, 0.3) is 0 Å². The van der Waals surface area contributed by atoms with Crippen LogP contribution in [0.2, 0.25) is 0 Å². The minimum atomic E-state index is -4.34. The van der Waals surface area contributed by atoms with Crippen molar-refractivity contribution in [2.75, 3.05) is 6.61 Å². The topological polar surface area (TPSA) is 63.6 Å². The van der Waals surface area contributed by atoms with Gasteiger partial charge in [0.25, 0.3) is 10.1 Å². The summed E-state index contributed by atoms with van der Waals surface area (Å²) in [6.07, 6.45) is 7.70. The predicted octanol–water partition coefficient (Wildman–Crippen LogP) is 6.81. The smallest absolute Gasteiger partial charge is 0.298 e. The molecule has 0 aliphatic carbocycles. The van der Waals surface area contributed by atoms with Gasteiger partial charge in [0.15, 0.2) is 0 Å². The molecule has 0 saturated carbocycles. The van der Waals surface area contributed by atoms with E-state index in [1.807, 2.05) is 6.07 Å². The maximum atomic E-state index is 11.9. The molecule has 164 valence electrons. The van der Waals surface area contributed by atoms with Crippen LogP contribution in [0.1, 0.15) is 92.1 Å². The standard InChI is InChI=1S/C22H38O4S.ClH/c1-7-8-9-10-11-12-15-26-19-14-13-18(16-20(19)27(23,24)25)22(5,6)17-21(2,3)4;/h13-14,16H,7-12,15,17H2,1-6H3,(H,23,24,25);1H. The van der Waals surface area contributed by atoms with E-state index in [2.05, 4.69) is 41.5 Å². The van der Waals surface area contributed by atoms with E-state index in [0.717, 1.165) is 24.8 Å². The van der Waals surface area contributed by atoms with E-state index in [4.69, 9.17) is 4.74 Å². The van der Waals surface area contributed by atoms with Crippen molar-refractivity contribution in [2.24, 2.45) is 5.41 Å². The van der Waals surface area contributed by atoms with Gasteiger partial charge in [0.1, 0.15) is 10.6 Å². The molecule has 0 heterocycles. The van der Waals surface area contributed by atoms with Crippen LogP contribution < -0.4 is 4.74 Å². The van der Waals surface area contributed by atoms with Gasteiger partial charge >= 0.3 is 0 Å². The summed E-state index contributed by atoms with van der Waals surface area (Å²) in [5, 5.41) is 0. The number of hydrogen-bond acceptors (Lipinski definition) is 3. The lowest BCUT2D eigenvalue weighted by molar-refractivity contribution is 0.281. The van der Waals surface area contributed by atoms with Gasteiger partial charge in [0, 0.05) is 0 Å². The maximum absolute atomic E-state index is 11.9. The highest BCUT2D eigenvalue weighted by Gasteiger charge is 2.29. The lowest BCUT2D eigenvalue weighted by atomic mass is 9.72. The van der Waals surface area contributed by atoms with Crippen molar-refractivity contribution >= 4 is 22.5 Å². The van der Waals surface area contributed by atoms with Crippen LogP contribution in [0, 0.1) is 5.41 Å². The van der Waals surface area contributed by atoms with Crippen LogP contribution in [-0.2, 0) is 15.5 Å². The van der Waals surface area contributed by atoms with Gasteiger partial charge in [-0.25, -0.2) is 0 Å². The SMILES string of the molecule is CCCCCCCCOc1ccc(C(C)(C)CC(C)(C)C)cc1S(=O)(=O)O.Cl. The first-order valence-electron chi connectivity index (χ1n) is 10.1. The Kier molecular flexibility index (Phi) is 11.1. The van der Waals surface area contributed by atoms with E-state index >= 15 is 0 Å². The molecule has 0 fully saturated rings. The monoisotopic (exact) mass is 434 g/mol. The third-order valence-electron chi connectivity index (χ3n) is 4.73. The molecule has 1 aromatic carbocycles. The van der Waals surface area contributed by atoms with E-state index in [-0.39, 0.29) is 33.9 Å². The fraction of sp³-hybridized carbons (Fsp3) is 0.727. The quantitative estimate of drug-likeness (QED) is 0.307. The van der Waals surface area contributed by atoms with E-state index in [0.29, 0.717) is 6.61 Å². The lowest BCUT2D eigenvalue weighted by Crippen LogP contribution is -2.25. The van der Waals surface area contributed by atoms with Crippen molar-refractivity contribution < 1.29 is 17.7 Å². The first kappa shape index (κ1) is 27.2. The number of benzene rings is 1. The van der Waals surface area contributed by atoms with Crippen molar-refractivity contribution in [1.82, 2.24) is 0 Å². The zero-order chi connectivity index (χ0) is 20.7. The second kappa shape index (κ2) is 11.4. The normalized spacial score (nSPS) is 12.5. The summed E-state index contributed by atoms with van der Waals surface area (Å²) in [6, 6.07) is 5.16. The second-order valence-corrected chi connectivity index (χ2v) is 10.8. The molecule has 0 spiro atoms. The van der Waals surface area contributed by atoms with Gasteiger partial charge in [0.05, 0.1) is 6.61 Å². The highest BCUT2D eigenvalue weighted by molar-refractivity contribution is 7.86. The molecule has 1 rings (SSSR count). The molecule has 28 heavy (non-hydrogen) atoms. The number of ether oxygens (including phenoxy) is 1. The Balaban J connectivity index is 0.00000729. The molecule has 0 aromatic heterocycles. The molecule has 0 aliphatic heterocycles. The Morgan fingerprint density at radius 2 is 1.54 bits per heavy atom. The summed E-state index contributed by atoms with van der Waals surface area (Å²) in [5.74, 6) is 0.237. The first-order valence-corrected chi connectivity index (χ1v) is 11.6. The van der Waals surface area contributed by atoms with Gasteiger partial charge in [-0.3, -0.25) is 4.55 Å². The van der Waals surface area contributed by atoms with Gasteiger partial charge in [-0.1, -0.05) is 79.7 Å². The maximum Gasteiger partial charge on any atom is 0.298 e. The van der Waals surface area contributed by atoms with Crippen molar-refractivity contribution in [3.8, 4) is 5.75 Å². The van der Waals surface area contributed by atoms with Crippen LogP contribution >= 0.6 is 12.4 Å². The third-order valence-corrected chi connectivity index (χ3v) is 5.61. The van der Waals surface area contributed by atoms with E-state index < -0.39 is 10.1 Å². The molecule has 0 amide bonds. The number of hydrogen-bond donors (Lipinski definition) is 1. The molecular weight excluding hydrogens is 396 g/mol. The molecular formula is C22H39ClO4S. The molecule has 0 saturated heterocycles. The molecule has 1 aromatic rings. The summed E-state index contributed by atoms with van der Waals surface area (Å²) in [4.78, 5) is -0.132. The molecule has 4 nitrogen and oxygen atoms in total. The van der Waals surface area contributed by atoms with Crippen molar-refractivity contribution in [3.63, 3.8) is 0 Å². The zero-order valence-corrected chi connectivity index (χ0v) is 20.0. The predicted molar refractivity (Wildman–Crippen MR) is 119 cm³/mol. The Hall–Kier alpha value is -0.780. The summed E-state index contributed by atoms with van der Waals surface area (Å²) < 4.78 is 39.2. The zero-order valence-electron chi connectivity index (χ0n) is 18.4. The van der Waals surface area contributed by atoms with Crippen molar-refractivity contribution in [1.29, 1.82) is 0 Å². The van der Waals surface area contributed by atoms with Crippen LogP contribution in [0.3, 0.4) is 0 Å². The Morgan fingerprint density at radius 3 is 2.07 bits per heavy atom. The molecule has 0 aliphatic rings. The number of unbranched alkanes of at least 4 members (excludes halogenated alkanes) is 5. The van der Waals surface area contributed by atoms with Gasteiger partial charge < -0.3 is 4.74 Å². The average molecular weight is 435 g/mol. The molecule has 0 bridgehead atoms. The molecule has 1 N–H and O–H groups in total. The van der Waals surface area contributed by atoms with Gasteiger partial charge in [0.2, 0.25) is 0 Å². The van der Waals surface area contributed by atoms with E-state index in [1.54, 1.807) is 12.1 Å². The number of rotatable bonds is 11. The minimum Gasteiger partial charge on any atom is -0.492 e. The van der Waals surface area contributed by atoms with Crippen molar-refractivity contribution in [2.45, 2.75) is 96.8 Å². The van der Waals surface area contributed by atoms with Crippen LogP contribution in [0.4, 0.5) is 0 Å². The summed E-state index contributed by atoms with van der Waals surface area (Å²) in [7, 11) is -4.34. The van der Waals surface area contributed by atoms with Gasteiger partial charge in [-0.15, -0.1) is 12.4 Å². The minimum absolute atomic E-state index is 0.